The zero-order chi connectivity index (χ0) is 12.7. The summed E-state index contributed by atoms with van der Waals surface area (Å²) in [6.07, 6.45) is -5.83. The highest BCUT2D eigenvalue weighted by Crippen LogP contribution is 2.49. The van der Waals surface area contributed by atoms with Crippen molar-refractivity contribution in [3.8, 4) is 0 Å². The van der Waals surface area contributed by atoms with Crippen LogP contribution in [0.5, 0.6) is 0 Å². The molecule has 0 spiro atoms. The number of rotatable bonds is 3. The molecule has 0 bridgehead atoms. The van der Waals surface area contributed by atoms with Crippen molar-refractivity contribution in [2.24, 2.45) is 11.1 Å². The lowest BCUT2D eigenvalue weighted by molar-refractivity contribution is -0.323. The van der Waals surface area contributed by atoms with Gasteiger partial charge in [0.2, 0.25) is 0 Å². The molecule has 0 aliphatic heterocycles. The van der Waals surface area contributed by atoms with E-state index in [1.165, 1.54) is 0 Å². The van der Waals surface area contributed by atoms with Gasteiger partial charge in [0.25, 0.3) is 0 Å². The molecule has 15 heavy (non-hydrogen) atoms. The minimum absolute atomic E-state index is 0.458. The molecule has 0 heterocycles. The highest BCUT2D eigenvalue weighted by atomic mass is 19.4. The largest absolute Gasteiger partial charge is 0.480 e. The fourth-order valence-corrected chi connectivity index (χ4v) is 0.869. The third-order valence-electron chi connectivity index (χ3n) is 2.21. The van der Waals surface area contributed by atoms with Gasteiger partial charge in [0.1, 0.15) is 6.04 Å². The van der Waals surface area contributed by atoms with Gasteiger partial charge in [-0.2, -0.15) is 22.0 Å². The highest BCUT2D eigenvalue weighted by molar-refractivity contribution is 5.74. The Morgan fingerprint density at radius 2 is 1.53 bits per heavy atom. The summed E-state index contributed by atoms with van der Waals surface area (Å²) in [5.74, 6) is -7.08. The molecule has 8 heteroatoms. The maximum Gasteiger partial charge on any atom is 0.453 e. The van der Waals surface area contributed by atoms with Crippen LogP contribution >= 0.6 is 0 Å². The van der Waals surface area contributed by atoms with E-state index in [2.05, 4.69) is 0 Å². The van der Waals surface area contributed by atoms with Crippen molar-refractivity contribution >= 4 is 5.97 Å². The van der Waals surface area contributed by atoms with Crippen molar-refractivity contribution in [3.63, 3.8) is 0 Å². The molecule has 3 nitrogen and oxygen atoms in total. The number of halogens is 5. The van der Waals surface area contributed by atoms with Crippen LogP contribution in [0, 0.1) is 5.41 Å². The SMILES string of the molecule is CC(C)(C(N)C(=O)O)C(F)(F)C(F)(F)F. The first-order chi connectivity index (χ1) is 6.35. The number of hydrogen-bond acceptors (Lipinski definition) is 2. The van der Waals surface area contributed by atoms with Crippen molar-refractivity contribution in [3.05, 3.63) is 0 Å². The molecule has 3 N–H and O–H groups in total. The summed E-state index contributed by atoms with van der Waals surface area (Å²) in [4.78, 5) is 10.3. The fraction of sp³-hybridized carbons (Fsp3) is 0.857. The molecule has 1 atom stereocenters. The van der Waals surface area contributed by atoms with E-state index in [4.69, 9.17) is 10.8 Å². The number of carboxylic acid groups (broad SMARTS) is 1. The van der Waals surface area contributed by atoms with Crippen molar-refractivity contribution in [2.75, 3.05) is 0 Å². The first-order valence-electron chi connectivity index (χ1n) is 3.78. The normalized spacial score (nSPS) is 16.3. The molecule has 0 fully saturated rings. The van der Waals surface area contributed by atoms with Gasteiger partial charge in [-0.1, -0.05) is 13.8 Å². The standard InChI is InChI=1S/C7H10F5NO2/c1-5(2,3(13)4(14)15)6(8,9)7(10,11)12/h3H,13H2,1-2H3,(H,14,15). The Kier molecular flexibility index (Phi) is 3.36. The van der Waals surface area contributed by atoms with E-state index in [1.807, 2.05) is 0 Å². The molecule has 0 radical (unpaired) electrons. The van der Waals surface area contributed by atoms with Crippen LogP contribution in [0.15, 0.2) is 0 Å². The van der Waals surface area contributed by atoms with Crippen LogP contribution in [0.4, 0.5) is 22.0 Å². The van der Waals surface area contributed by atoms with E-state index in [1.54, 1.807) is 0 Å². The van der Waals surface area contributed by atoms with Gasteiger partial charge in [-0.05, 0) is 0 Å². The van der Waals surface area contributed by atoms with Gasteiger partial charge in [0.05, 0.1) is 5.41 Å². The molecule has 0 amide bonds. The van der Waals surface area contributed by atoms with E-state index in [0.717, 1.165) is 0 Å². The lowest BCUT2D eigenvalue weighted by Gasteiger charge is -2.37. The van der Waals surface area contributed by atoms with Crippen molar-refractivity contribution < 1.29 is 31.9 Å². The van der Waals surface area contributed by atoms with Gasteiger partial charge < -0.3 is 10.8 Å². The third kappa shape index (κ3) is 2.19. The van der Waals surface area contributed by atoms with Crippen LogP contribution in [-0.4, -0.2) is 29.2 Å². The minimum Gasteiger partial charge on any atom is -0.480 e. The smallest absolute Gasteiger partial charge is 0.453 e. The van der Waals surface area contributed by atoms with E-state index in [-0.39, 0.29) is 0 Å². The summed E-state index contributed by atoms with van der Waals surface area (Å²) in [6, 6.07) is -2.31. The molecular formula is C7H10F5NO2. The maximum absolute atomic E-state index is 12.9. The van der Waals surface area contributed by atoms with Crippen LogP contribution in [0.1, 0.15) is 13.8 Å². The monoisotopic (exact) mass is 235 g/mol. The summed E-state index contributed by atoms with van der Waals surface area (Å²) >= 11 is 0. The lowest BCUT2D eigenvalue weighted by atomic mass is 9.78. The quantitative estimate of drug-likeness (QED) is 0.730. The molecule has 0 saturated carbocycles. The number of hydrogen-bond donors (Lipinski definition) is 2. The van der Waals surface area contributed by atoms with Crippen molar-refractivity contribution in [1.29, 1.82) is 0 Å². The van der Waals surface area contributed by atoms with Crippen LogP contribution in [0.25, 0.3) is 0 Å². The average Bonchev–Trinajstić information content (AvgIpc) is 2.00. The molecule has 0 aromatic rings. The lowest BCUT2D eigenvalue weighted by Crippen LogP contribution is -2.59. The van der Waals surface area contributed by atoms with Gasteiger partial charge in [-0.25, -0.2) is 0 Å². The topological polar surface area (TPSA) is 63.3 Å². The van der Waals surface area contributed by atoms with E-state index in [9.17, 15) is 26.7 Å². The molecule has 90 valence electrons. The Bertz CT molecular complexity index is 261. The predicted octanol–water partition coefficient (Wildman–Crippen LogP) is 1.62. The molecule has 0 aromatic heterocycles. The summed E-state index contributed by atoms with van der Waals surface area (Å²) in [7, 11) is 0. The second kappa shape index (κ2) is 3.58. The molecule has 0 saturated heterocycles. The number of nitrogens with two attached hydrogens (primary N) is 1. The summed E-state index contributed by atoms with van der Waals surface area (Å²) < 4.78 is 61.6. The third-order valence-corrected chi connectivity index (χ3v) is 2.21. The number of carboxylic acids is 1. The first-order valence-corrected chi connectivity index (χ1v) is 3.78. The zero-order valence-corrected chi connectivity index (χ0v) is 7.90. The Morgan fingerprint density at radius 1 is 1.20 bits per heavy atom. The molecule has 0 aliphatic rings. The second-order valence-corrected chi connectivity index (χ2v) is 3.61. The van der Waals surface area contributed by atoms with Crippen LogP contribution in [0.3, 0.4) is 0 Å². The van der Waals surface area contributed by atoms with Crippen LogP contribution in [-0.2, 0) is 4.79 Å². The number of carbonyl (C=O) groups is 1. The molecule has 0 aromatic carbocycles. The molecule has 0 rings (SSSR count). The molecule has 1 unspecified atom stereocenters. The van der Waals surface area contributed by atoms with Crippen LogP contribution in [0.2, 0.25) is 0 Å². The summed E-state index contributed by atoms with van der Waals surface area (Å²) in [5.41, 5.74) is 1.88. The fourth-order valence-electron chi connectivity index (χ4n) is 0.869. The van der Waals surface area contributed by atoms with Gasteiger partial charge >= 0.3 is 18.1 Å². The minimum atomic E-state index is -5.83. The van der Waals surface area contributed by atoms with E-state index in [0.29, 0.717) is 13.8 Å². The Labute approximate surface area is 82.1 Å². The predicted molar refractivity (Wildman–Crippen MR) is 40.4 cm³/mol. The summed E-state index contributed by atoms with van der Waals surface area (Å²) in [6.45, 7) is 0.915. The first kappa shape index (κ1) is 14.1. The molecular weight excluding hydrogens is 225 g/mol. The highest BCUT2D eigenvalue weighted by Gasteiger charge is 2.68. The van der Waals surface area contributed by atoms with E-state index >= 15 is 0 Å². The van der Waals surface area contributed by atoms with Crippen molar-refractivity contribution in [2.45, 2.75) is 32.0 Å². The number of alkyl halides is 5. The Hall–Kier alpha value is -0.920. The van der Waals surface area contributed by atoms with Crippen LogP contribution < -0.4 is 5.73 Å². The Morgan fingerprint density at radius 3 is 1.73 bits per heavy atom. The van der Waals surface area contributed by atoms with E-state index < -0.39 is 29.5 Å². The van der Waals surface area contributed by atoms with Gasteiger partial charge in [0.15, 0.2) is 0 Å². The van der Waals surface area contributed by atoms with Gasteiger partial charge in [-0.3, -0.25) is 4.79 Å². The maximum atomic E-state index is 12.9. The summed E-state index contributed by atoms with van der Waals surface area (Å²) in [5, 5.41) is 8.32. The molecule has 0 aliphatic carbocycles. The Balaban J connectivity index is 5.28. The zero-order valence-electron chi connectivity index (χ0n) is 7.90. The van der Waals surface area contributed by atoms with Gasteiger partial charge in [-0.15, -0.1) is 0 Å². The number of aliphatic carboxylic acids is 1. The van der Waals surface area contributed by atoms with Crippen molar-refractivity contribution in [1.82, 2.24) is 0 Å². The second-order valence-electron chi connectivity index (χ2n) is 3.61. The average molecular weight is 235 g/mol. The van der Waals surface area contributed by atoms with Gasteiger partial charge in [0, 0.05) is 0 Å².